The number of carbonyl (C=O) groups excluding carboxylic acids is 2. The zero-order valence-electron chi connectivity index (χ0n) is 14.4. The Morgan fingerprint density at radius 2 is 1.89 bits per heavy atom. The van der Waals surface area contributed by atoms with Crippen molar-refractivity contribution < 1.29 is 31.2 Å². The Hall–Kier alpha value is -2.82. The van der Waals surface area contributed by atoms with Crippen molar-refractivity contribution in [3.8, 4) is 0 Å². The number of alkyl halides is 3. The lowest BCUT2D eigenvalue weighted by Crippen LogP contribution is -2.31. The number of nitrogens with one attached hydrogen (secondary N) is 2. The summed E-state index contributed by atoms with van der Waals surface area (Å²) < 4.78 is 65.5. The average molecular weight is 415 g/mol. The Morgan fingerprint density at radius 3 is 2.54 bits per heavy atom. The van der Waals surface area contributed by atoms with Gasteiger partial charge in [-0.25, -0.2) is 13.1 Å². The lowest BCUT2D eigenvalue weighted by atomic mass is 10.1. The fourth-order valence-corrected chi connectivity index (χ4v) is 3.90. The van der Waals surface area contributed by atoms with E-state index in [1.807, 2.05) is 4.72 Å². The molecule has 1 aromatic carbocycles. The SMILES string of the molecule is O=C(NS(=O)(=O)Cc1ccc(C(F)(F)F)cc1)c1cc2n(c1)CCCNC2=O. The van der Waals surface area contributed by atoms with Crippen LogP contribution < -0.4 is 10.0 Å². The number of fused-ring (bicyclic) bond motifs is 1. The van der Waals surface area contributed by atoms with Gasteiger partial charge in [0, 0.05) is 19.3 Å². The quantitative estimate of drug-likeness (QED) is 0.797. The first-order valence-corrected chi connectivity index (χ1v) is 9.90. The summed E-state index contributed by atoms with van der Waals surface area (Å²) in [6, 6.07) is 4.92. The van der Waals surface area contributed by atoms with Crippen LogP contribution in [0.1, 0.15) is 38.4 Å². The zero-order valence-corrected chi connectivity index (χ0v) is 15.2. The van der Waals surface area contributed by atoms with E-state index in [4.69, 9.17) is 0 Å². The molecule has 2 N–H and O–H groups in total. The highest BCUT2D eigenvalue weighted by Gasteiger charge is 2.30. The van der Waals surface area contributed by atoms with Crippen LogP contribution in [-0.2, 0) is 28.5 Å². The van der Waals surface area contributed by atoms with Crippen molar-refractivity contribution in [3.63, 3.8) is 0 Å². The number of rotatable bonds is 4. The lowest BCUT2D eigenvalue weighted by molar-refractivity contribution is -0.137. The standard InChI is InChI=1S/C17H16F3N3O4S/c18-17(19,20)13-4-2-11(3-5-13)10-28(26,27)22-15(24)12-8-14-16(25)21-6-1-7-23(14)9-12/h2-5,8-9H,1,6-7,10H2,(H,21,25)(H,22,24). The number of nitrogens with zero attached hydrogens (tertiary/aromatic N) is 1. The molecule has 0 saturated heterocycles. The largest absolute Gasteiger partial charge is 0.416 e. The third-order valence-electron chi connectivity index (χ3n) is 4.14. The van der Waals surface area contributed by atoms with E-state index in [2.05, 4.69) is 5.32 Å². The molecule has 0 atom stereocenters. The second kappa shape index (κ2) is 7.30. The average Bonchev–Trinajstić information content (AvgIpc) is 2.94. The molecule has 0 spiro atoms. The van der Waals surface area contributed by atoms with Gasteiger partial charge in [-0.1, -0.05) is 12.1 Å². The van der Waals surface area contributed by atoms with E-state index in [-0.39, 0.29) is 22.7 Å². The first-order valence-electron chi connectivity index (χ1n) is 8.24. The predicted molar refractivity (Wildman–Crippen MR) is 92.9 cm³/mol. The van der Waals surface area contributed by atoms with Crippen molar-refractivity contribution >= 4 is 21.8 Å². The second-order valence-corrected chi connectivity index (χ2v) is 8.02. The first-order chi connectivity index (χ1) is 13.0. The third kappa shape index (κ3) is 4.53. The summed E-state index contributed by atoms with van der Waals surface area (Å²) in [6.07, 6.45) is -2.46. The molecule has 1 aliphatic heterocycles. The van der Waals surface area contributed by atoms with Crippen LogP contribution in [0.5, 0.6) is 0 Å². The van der Waals surface area contributed by atoms with E-state index in [9.17, 15) is 31.2 Å². The first kappa shape index (κ1) is 19.9. The van der Waals surface area contributed by atoms with Gasteiger partial charge in [-0.3, -0.25) is 9.59 Å². The highest BCUT2D eigenvalue weighted by atomic mass is 32.2. The molecule has 150 valence electrons. The molecule has 2 amide bonds. The normalized spacial score (nSPS) is 14.8. The summed E-state index contributed by atoms with van der Waals surface area (Å²) >= 11 is 0. The van der Waals surface area contributed by atoms with Gasteiger partial charge in [0.1, 0.15) is 5.69 Å². The van der Waals surface area contributed by atoms with Crippen molar-refractivity contribution in [2.45, 2.75) is 24.9 Å². The third-order valence-corrected chi connectivity index (χ3v) is 5.35. The summed E-state index contributed by atoms with van der Waals surface area (Å²) in [4.78, 5) is 24.2. The van der Waals surface area contributed by atoms with Gasteiger partial charge in [-0.05, 0) is 30.2 Å². The van der Waals surface area contributed by atoms with Gasteiger partial charge in [0.15, 0.2) is 0 Å². The van der Waals surface area contributed by atoms with E-state index >= 15 is 0 Å². The van der Waals surface area contributed by atoms with Gasteiger partial charge in [0.2, 0.25) is 10.0 Å². The van der Waals surface area contributed by atoms with Crippen LogP contribution in [0.25, 0.3) is 0 Å². The molecule has 3 rings (SSSR count). The minimum Gasteiger partial charge on any atom is -0.351 e. The molecule has 0 unspecified atom stereocenters. The molecule has 0 bridgehead atoms. The molecular weight excluding hydrogens is 399 g/mol. The van der Waals surface area contributed by atoms with Crippen LogP contribution in [0.15, 0.2) is 36.5 Å². The summed E-state index contributed by atoms with van der Waals surface area (Å²) in [6.45, 7) is 1.00. The number of hydrogen-bond donors (Lipinski definition) is 2. The Morgan fingerprint density at radius 1 is 1.21 bits per heavy atom. The van der Waals surface area contributed by atoms with Gasteiger partial charge in [-0.2, -0.15) is 13.2 Å². The van der Waals surface area contributed by atoms with Crippen LogP contribution >= 0.6 is 0 Å². The van der Waals surface area contributed by atoms with Gasteiger partial charge < -0.3 is 9.88 Å². The van der Waals surface area contributed by atoms with Gasteiger partial charge in [0.05, 0.1) is 16.9 Å². The summed E-state index contributed by atoms with van der Waals surface area (Å²) in [7, 11) is -4.14. The van der Waals surface area contributed by atoms with Crippen LogP contribution in [0, 0.1) is 0 Å². The van der Waals surface area contributed by atoms with Crippen molar-refractivity contribution in [2.75, 3.05) is 6.54 Å². The summed E-state index contributed by atoms with van der Waals surface area (Å²) in [5.74, 6) is -1.94. The van der Waals surface area contributed by atoms with Gasteiger partial charge in [0.25, 0.3) is 11.8 Å². The van der Waals surface area contributed by atoms with E-state index in [0.29, 0.717) is 19.5 Å². The summed E-state index contributed by atoms with van der Waals surface area (Å²) in [5.41, 5.74) is -0.544. The number of carbonyl (C=O) groups is 2. The Labute approximate surface area is 158 Å². The highest BCUT2D eigenvalue weighted by Crippen LogP contribution is 2.29. The molecule has 7 nitrogen and oxygen atoms in total. The Balaban J connectivity index is 1.71. The zero-order chi connectivity index (χ0) is 20.5. The second-order valence-electron chi connectivity index (χ2n) is 6.30. The fourth-order valence-electron chi connectivity index (χ4n) is 2.80. The molecule has 11 heteroatoms. The maximum absolute atomic E-state index is 12.6. The minimum absolute atomic E-state index is 0.00282. The van der Waals surface area contributed by atoms with Crippen LogP contribution in [0.2, 0.25) is 0 Å². The van der Waals surface area contributed by atoms with Gasteiger partial charge in [-0.15, -0.1) is 0 Å². The van der Waals surface area contributed by atoms with Crippen molar-refractivity contribution in [1.82, 2.24) is 14.6 Å². The number of aromatic nitrogens is 1. The molecule has 0 fully saturated rings. The lowest BCUT2D eigenvalue weighted by Gasteiger charge is -2.09. The van der Waals surface area contributed by atoms with Gasteiger partial charge >= 0.3 is 6.18 Å². The molecule has 2 heterocycles. The number of amides is 2. The predicted octanol–water partition coefficient (Wildman–Crippen LogP) is 1.90. The smallest absolute Gasteiger partial charge is 0.351 e. The molecule has 0 aliphatic carbocycles. The molecule has 2 aromatic rings. The fraction of sp³-hybridized carbons (Fsp3) is 0.294. The minimum atomic E-state index is -4.52. The number of hydrogen-bond acceptors (Lipinski definition) is 4. The van der Waals surface area contributed by atoms with E-state index in [0.717, 1.165) is 24.3 Å². The van der Waals surface area contributed by atoms with Crippen LogP contribution in [0.3, 0.4) is 0 Å². The highest BCUT2D eigenvalue weighted by molar-refractivity contribution is 7.89. The van der Waals surface area contributed by atoms with Crippen molar-refractivity contribution in [3.05, 3.63) is 58.9 Å². The maximum atomic E-state index is 12.6. The monoisotopic (exact) mass is 415 g/mol. The molecule has 0 saturated carbocycles. The molecule has 28 heavy (non-hydrogen) atoms. The number of halogens is 3. The number of benzene rings is 1. The van der Waals surface area contributed by atoms with Crippen LogP contribution in [0.4, 0.5) is 13.2 Å². The van der Waals surface area contributed by atoms with E-state index < -0.39 is 33.4 Å². The van der Waals surface area contributed by atoms with E-state index in [1.165, 1.54) is 12.3 Å². The number of sulfonamides is 1. The Kier molecular flexibility index (Phi) is 5.20. The van der Waals surface area contributed by atoms with Crippen LogP contribution in [-0.4, -0.2) is 31.3 Å². The molecule has 0 radical (unpaired) electrons. The van der Waals surface area contributed by atoms with E-state index in [1.54, 1.807) is 4.57 Å². The molecular formula is C17H16F3N3O4S. The van der Waals surface area contributed by atoms with Crippen molar-refractivity contribution in [1.29, 1.82) is 0 Å². The number of aryl methyl sites for hydroxylation is 1. The topological polar surface area (TPSA) is 97.3 Å². The molecule has 1 aromatic heterocycles. The Bertz CT molecular complexity index is 1010. The maximum Gasteiger partial charge on any atom is 0.416 e. The molecule has 1 aliphatic rings. The summed E-state index contributed by atoms with van der Waals surface area (Å²) in [5, 5.41) is 2.66. The van der Waals surface area contributed by atoms with Crippen molar-refractivity contribution in [2.24, 2.45) is 0 Å².